The van der Waals surface area contributed by atoms with Gasteiger partial charge >= 0.3 is 5.70 Å². The fourth-order valence-electron chi connectivity index (χ4n) is 7.34. The standard InChI is InChI=1S/C45H30N6O3/c52-27-46-44-42-40(30-17-9-3-10-18-30)36-25-23-34(48-36)38(28-13-5-1-6-14-28)32-21-22-33(47-32)39(29-15-7-2-8-16-29)35-24-26-37(49-35)41(31-19-11-4-12-20-31)43(50-42)45(44)51(53)54/h1-27,48-49H,(H,46,52). The van der Waals surface area contributed by atoms with Crippen molar-refractivity contribution in [2.75, 3.05) is 0 Å². The average Bonchev–Trinajstić information content (AvgIpc) is 4.04. The number of hydrogen-bond acceptors (Lipinski definition) is 5. The summed E-state index contributed by atoms with van der Waals surface area (Å²) in [6.45, 7) is 0. The molecule has 0 unspecified atom stereocenters. The molecule has 3 aromatic heterocycles. The van der Waals surface area contributed by atoms with Gasteiger partial charge in [-0.25, -0.2) is 9.97 Å². The highest BCUT2D eigenvalue weighted by Gasteiger charge is 2.35. The van der Waals surface area contributed by atoms with Gasteiger partial charge in [-0.3, -0.25) is 14.9 Å². The summed E-state index contributed by atoms with van der Waals surface area (Å²) in [5.41, 5.74) is 10.5. The van der Waals surface area contributed by atoms with Gasteiger partial charge in [0, 0.05) is 44.3 Å². The van der Waals surface area contributed by atoms with Gasteiger partial charge in [-0.2, -0.15) is 0 Å². The predicted octanol–water partition coefficient (Wildman–Crippen LogP) is 10.0. The molecule has 8 bridgehead atoms. The van der Waals surface area contributed by atoms with E-state index in [1.807, 2.05) is 158 Å². The largest absolute Gasteiger partial charge is 0.354 e. The highest BCUT2D eigenvalue weighted by atomic mass is 16.6. The Kier molecular flexibility index (Phi) is 8.05. The first-order valence-electron chi connectivity index (χ1n) is 17.4. The van der Waals surface area contributed by atoms with E-state index in [1.165, 1.54) is 0 Å². The van der Waals surface area contributed by atoms with Crippen LogP contribution in [0, 0.1) is 10.1 Å². The third-order valence-electron chi connectivity index (χ3n) is 9.63. The van der Waals surface area contributed by atoms with Crippen LogP contribution in [0.3, 0.4) is 0 Å². The fraction of sp³-hybridized carbons (Fsp3) is 0. The molecule has 7 aromatic rings. The number of nitrogens with one attached hydrogen (secondary N) is 3. The van der Waals surface area contributed by atoms with E-state index in [0.717, 1.165) is 50.2 Å². The monoisotopic (exact) mass is 702 g/mol. The number of benzene rings is 4. The molecule has 1 amide bonds. The first-order chi connectivity index (χ1) is 26.6. The first kappa shape index (κ1) is 32.3. The van der Waals surface area contributed by atoms with Gasteiger partial charge in [0.1, 0.15) is 11.4 Å². The van der Waals surface area contributed by atoms with E-state index in [-0.39, 0.29) is 22.8 Å². The molecule has 9 heteroatoms. The molecule has 4 aromatic carbocycles. The molecule has 0 aliphatic carbocycles. The Labute approximate surface area is 309 Å². The summed E-state index contributed by atoms with van der Waals surface area (Å²) in [6, 6.07) is 46.9. The van der Waals surface area contributed by atoms with Crippen molar-refractivity contribution in [3.05, 3.63) is 178 Å². The molecule has 0 spiro atoms. The van der Waals surface area contributed by atoms with Gasteiger partial charge in [-0.15, -0.1) is 0 Å². The summed E-state index contributed by atoms with van der Waals surface area (Å²) >= 11 is 0. The molecular formula is C45H30N6O3. The number of fused-ring (bicyclic) bond motifs is 8. The average molecular weight is 703 g/mol. The van der Waals surface area contributed by atoms with Crippen LogP contribution in [0.25, 0.3) is 90.1 Å². The Balaban J connectivity index is 1.55. The van der Waals surface area contributed by atoms with E-state index in [9.17, 15) is 14.9 Å². The Hall–Kier alpha value is -7.65. The molecule has 9 nitrogen and oxygen atoms in total. The van der Waals surface area contributed by atoms with Crippen molar-refractivity contribution >= 4 is 52.0 Å². The zero-order valence-corrected chi connectivity index (χ0v) is 28.7. The van der Waals surface area contributed by atoms with Crippen LogP contribution in [0.2, 0.25) is 0 Å². The summed E-state index contributed by atoms with van der Waals surface area (Å²) in [4.78, 5) is 42.7. The summed E-state index contributed by atoms with van der Waals surface area (Å²) in [7, 11) is 0. The maximum absolute atomic E-state index is 13.2. The number of aromatic nitrogens is 4. The lowest BCUT2D eigenvalue weighted by Crippen LogP contribution is -2.12. The van der Waals surface area contributed by atoms with Gasteiger partial charge in [-0.05, 0) is 58.7 Å². The molecule has 9 rings (SSSR count). The number of aromatic amines is 2. The molecule has 2 aliphatic rings. The second kappa shape index (κ2) is 13.5. The highest BCUT2D eigenvalue weighted by molar-refractivity contribution is 6.04. The minimum atomic E-state index is -0.473. The van der Waals surface area contributed by atoms with Crippen molar-refractivity contribution in [1.29, 1.82) is 0 Å². The maximum atomic E-state index is 13.2. The van der Waals surface area contributed by atoms with E-state index in [0.29, 0.717) is 34.1 Å². The molecule has 0 atom stereocenters. The van der Waals surface area contributed by atoms with E-state index >= 15 is 0 Å². The van der Waals surface area contributed by atoms with Crippen LogP contribution in [0.5, 0.6) is 0 Å². The molecule has 258 valence electrons. The van der Waals surface area contributed by atoms with Gasteiger partial charge in [0.25, 0.3) is 0 Å². The van der Waals surface area contributed by atoms with Crippen molar-refractivity contribution in [3.8, 4) is 44.5 Å². The zero-order valence-electron chi connectivity index (χ0n) is 28.7. The predicted molar refractivity (Wildman–Crippen MR) is 215 cm³/mol. The first-order valence-corrected chi connectivity index (χ1v) is 17.4. The molecule has 0 fully saturated rings. The van der Waals surface area contributed by atoms with Crippen molar-refractivity contribution in [3.63, 3.8) is 0 Å². The van der Waals surface area contributed by atoms with Crippen LogP contribution in [0.1, 0.15) is 22.8 Å². The number of nitro groups is 1. The van der Waals surface area contributed by atoms with E-state index < -0.39 is 4.92 Å². The fourth-order valence-corrected chi connectivity index (χ4v) is 7.34. The Morgan fingerprint density at radius 1 is 0.500 bits per heavy atom. The molecule has 0 saturated heterocycles. The van der Waals surface area contributed by atoms with E-state index in [4.69, 9.17) is 9.97 Å². The van der Waals surface area contributed by atoms with Gasteiger partial charge in [0.15, 0.2) is 5.69 Å². The van der Waals surface area contributed by atoms with Crippen LogP contribution in [0.15, 0.2) is 146 Å². The second-order valence-corrected chi connectivity index (χ2v) is 12.8. The molecule has 0 radical (unpaired) electrons. The van der Waals surface area contributed by atoms with Crippen LogP contribution in [-0.2, 0) is 4.79 Å². The molecular weight excluding hydrogens is 673 g/mol. The summed E-state index contributed by atoms with van der Waals surface area (Å²) < 4.78 is 0. The number of H-pyrrole nitrogens is 2. The number of carbonyl (C=O) groups excluding carboxylic acids is 1. The van der Waals surface area contributed by atoms with Crippen molar-refractivity contribution in [2.24, 2.45) is 0 Å². The summed E-state index contributed by atoms with van der Waals surface area (Å²) in [5.74, 6) is 0. The smallest absolute Gasteiger partial charge is 0.321 e. The highest BCUT2D eigenvalue weighted by Crippen LogP contribution is 2.42. The van der Waals surface area contributed by atoms with Crippen molar-refractivity contribution in [1.82, 2.24) is 25.3 Å². The van der Waals surface area contributed by atoms with E-state index in [2.05, 4.69) is 15.3 Å². The Morgan fingerprint density at radius 2 is 0.870 bits per heavy atom. The van der Waals surface area contributed by atoms with Gasteiger partial charge in [-0.1, -0.05) is 121 Å². The SMILES string of the molecule is O=CNC1=C([N+](=O)[O-])c2nc1c(-c1ccccc1)c1ccc([nH]1)c(-c1ccccc1)c1nc(c(-c3ccccc3)c3ccc([nH]3)c2-c2ccccc2)C=C1. The minimum absolute atomic E-state index is 0.00440. The number of amides is 1. The Morgan fingerprint density at radius 3 is 1.26 bits per heavy atom. The number of carbonyl (C=O) groups is 1. The number of hydrogen-bond donors (Lipinski definition) is 3. The summed E-state index contributed by atoms with van der Waals surface area (Å²) in [6.07, 6.45) is 4.52. The van der Waals surface area contributed by atoms with Crippen molar-refractivity contribution < 1.29 is 9.72 Å². The zero-order chi connectivity index (χ0) is 36.6. The van der Waals surface area contributed by atoms with Crippen LogP contribution in [0.4, 0.5) is 0 Å². The van der Waals surface area contributed by atoms with E-state index in [1.54, 1.807) is 0 Å². The third-order valence-corrected chi connectivity index (χ3v) is 9.63. The second-order valence-electron chi connectivity index (χ2n) is 12.8. The van der Waals surface area contributed by atoms with Gasteiger partial charge < -0.3 is 15.3 Å². The molecule has 3 N–H and O–H groups in total. The lowest BCUT2D eigenvalue weighted by atomic mass is 10.0. The number of rotatable bonds is 7. The quantitative estimate of drug-likeness (QED) is 0.0865. The summed E-state index contributed by atoms with van der Waals surface area (Å²) in [5, 5.41) is 15.9. The minimum Gasteiger partial charge on any atom is -0.354 e. The maximum Gasteiger partial charge on any atom is 0.321 e. The molecule has 54 heavy (non-hydrogen) atoms. The lowest BCUT2D eigenvalue weighted by Gasteiger charge is -2.08. The van der Waals surface area contributed by atoms with Gasteiger partial charge in [0.2, 0.25) is 6.41 Å². The van der Waals surface area contributed by atoms with Crippen LogP contribution in [-0.4, -0.2) is 31.3 Å². The third kappa shape index (κ3) is 5.57. The lowest BCUT2D eigenvalue weighted by molar-refractivity contribution is -0.374. The molecule has 5 heterocycles. The topological polar surface area (TPSA) is 130 Å². The normalized spacial score (nSPS) is 12.1. The molecule has 2 aliphatic heterocycles. The Bertz CT molecular complexity index is 2820. The van der Waals surface area contributed by atoms with Crippen LogP contribution < -0.4 is 5.32 Å². The van der Waals surface area contributed by atoms with Crippen LogP contribution >= 0.6 is 0 Å². The number of nitrogens with zero attached hydrogens (tertiary/aromatic N) is 3. The van der Waals surface area contributed by atoms with Gasteiger partial charge in [0.05, 0.1) is 16.3 Å². The molecule has 0 saturated carbocycles. The van der Waals surface area contributed by atoms with Crippen molar-refractivity contribution in [2.45, 2.75) is 0 Å².